The minimum atomic E-state index is -3.59. The second-order valence-corrected chi connectivity index (χ2v) is 7.85. The van der Waals surface area contributed by atoms with E-state index in [0.29, 0.717) is 11.5 Å². The normalized spacial score (nSPS) is 17.0. The first kappa shape index (κ1) is 16.8. The standard InChI is InChI=1S/C19H23NO3S/c1-4-15-13-17(10-11-19(15)23-5-2)24(21,22)20-14(3)12-16-8-6-7-9-18(16)20/h6-11,13-14H,4-5,12H2,1-3H3. The highest BCUT2D eigenvalue weighted by atomic mass is 32.2. The number of anilines is 1. The molecule has 0 radical (unpaired) electrons. The molecule has 1 aliphatic heterocycles. The molecule has 0 saturated heterocycles. The summed E-state index contributed by atoms with van der Waals surface area (Å²) in [4.78, 5) is 0.325. The van der Waals surface area contributed by atoms with Crippen molar-refractivity contribution < 1.29 is 13.2 Å². The van der Waals surface area contributed by atoms with Gasteiger partial charge < -0.3 is 4.74 Å². The van der Waals surface area contributed by atoms with Gasteiger partial charge in [0.25, 0.3) is 10.0 Å². The zero-order chi connectivity index (χ0) is 17.3. The first-order valence-electron chi connectivity index (χ1n) is 8.37. The highest BCUT2D eigenvalue weighted by molar-refractivity contribution is 7.92. The van der Waals surface area contributed by atoms with Gasteiger partial charge in [0.1, 0.15) is 5.75 Å². The van der Waals surface area contributed by atoms with E-state index in [-0.39, 0.29) is 6.04 Å². The molecule has 0 spiro atoms. The van der Waals surface area contributed by atoms with Crippen LogP contribution in [0.5, 0.6) is 5.75 Å². The molecule has 4 nitrogen and oxygen atoms in total. The summed E-state index contributed by atoms with van der Waals surface area (Å²) < 4.78 is 33.6. The Kier molecular flexibility index (Phi) is 4.54. The number of aryl methyl sites for hydroxylation is 1. The van der Waals surface area contributed by atoms with E-state index in [4.69, 9.17) is 4.74 Å². The summed E-state index contributed by atoms with van der Waals surface area (Å²) in [6, 6.07) is 12.8. The first-order valence-corrected chi connectivity index (χ1v) is 9.81. The minimum absolute atomic E-state index is 0.0796. The molecule has 2 aromatic rings. The molecule has 1 heterocycles. The van der Waals surface area contributed by atoms with Gasteiger partial charge in [0.15, 0.2) is 0 Å². The van der Waals surface area contributed by atoms with E-state index in [0.717, 1.165) is 35.4 Å². The van der Waals surface area contributed by atoms with Crippen LogP contribution in [0.2, 0.25) is 0 Å². The van der Waals surface area contributed by atoms with Crippen molar-refractivity contribution in [3.05, 3.63) is 53.6 Å². The Morgan fingerprint density at radius 3 is 2.62 bits per heavy atom. The number of nitrogens with zero attached hydrogens (tertiary/aromatic N) is 1. The van der Waals surface area contributed by atoms with Gasteiger partial charge in [0.2, 0.25) is 0 Å². The van der Waals surface area contributed by atoms with E-state index in [1.54, 1.807) is 22.5 Å². The third-order valence-electron chi connectivity index (χ3n) is 4.41. The van der Waals surface area contributed by atoms with Crippen molar-refractivity contribution in [2.45, 2.75) is 44.6 Å². The predicted molar refractivity (Wildman–Crippen MR) is 96.3 cm³/mol. The largest absolute Gasteiger partial charge is 0.494 e. The molecule has 0 amide bonds. The lowest BCUT2D eigenvalue weighted by molar-refractivity contribution is 0.336. The summed E-state index contributed by atoms with van der Waals surface area (Å²) in [6.45, 7) is 6.44. The van der Waals surface area contributed by atoms with Gasteiger partial charge >= 0.3 is 0 Å². The first-order chi connectivity index (χ1) is 11.5. The number of sulfonamides is 1. The molecule has 3 rings (SSSR count). The maximum atomic E-state index is 13.2. The van der Waals surface area contributed by atoms with Crippen LogP contribution in [0, 0.1) is 0 Å². The number of hydrogen-bond acceptors (Lipinski definition) is 3. The van der Waals surface area contributed by atoms with E-state index in [1.165, 1.54) is 0 Å². The number of benzene rings is 2. The number of rotatable bonds is 5. The molecule has 0 fully saturated rings. The van der Waals surface area contributed by atoms with Gasteiger partial charge in [-0.3, -0.25) is 4.31 Å². The highest BCUT2D eigenvalue weighted by Crippen LogP contribution is 2.37. The third-order valence-corrected chi connectivity index (χ3v) is 6.34. The summed E-state index contributed by atoms with van der Waals surface area (Å²) in [5.74, 6) is 0.758. The van der Waals surface area contributed by atoms with Crippen molar-refractivity contribution in [3.63, 3.8) is 0 Å². The quantitative estimate of drug-likeness (QED) is 0.828. The Hall–Kier alpha value is -2.01. The van der Waals surface area contributed by atoms with E-state index in [1.807, 2.05) is 45.0 Å². The Balaban J connectivity index is 2.05. The fourth-order valence-corrected chi connectivity index (χ4v) is 5.05. The summed E-state index contributed by atoms with van der Waals surface area (Å²) in [5.41, 5.74) is 2.78. The van der Waals surface area contributed by atoms with E-state index in [2.05, 4.69) is 0 Å². The third kappa shape index (κ3) is 2.77. The molecule has 24 heavy (non-hydrogen) atoms. The van der Waals surface area contributed by atoms with Gasteiger partial charge in [-0.2, -0.15) is 0 Å². The van der Waals surface area contributed by atoms with Gasteiger partial charge in [-0.15, -0.1) is 0 Å². The van der Waals surface area contributed by atoms with E-state index in [9.17, 15) is 8.42 Å². The second kappa shape index (κ2) is 6.48. The Bertz CT molecular complexity index is 845. The van der Waals surface area contributed by atoms with Crippen molar-refractivity contribution >= 4 is 15.7 Å². The minimum Gasteiger partial charge on any atom is -0.494 e. The maximum absolute atomic E-state index is 13.2. The van der Waals surface area contributed by atoms with Gasteiger partial charge in [0, 0.05) is 6.04 Å². The number of fused-ring (bicyclic) bond motifs is 1. The molecule has 0 aromatic heterocycles. The van der Waals surface area contributed by atoms with Crippen molar-refractivity contribution in [2.24, 2.45) is 0 Å². The maximum Gasteiger partial charge on any atom is 0.264 e. The molecule has 5 heteroatoms. The predicted octanol–water partition coefficient (Wildman–Crippen LogP) is 3.79. The molecule has 1 atom stereocenters. The summed E-state index contributed by atoms with van der Waals surface area (Å²) >= 11 is 0. The molecule has 0 N–H and O–H groups in total. The molecule has 1 aliphatic rings. The lowest BCUT2D eigenvalue weighted by atomic mass is 10.1. The number of hydrogen-bond donors (Lipinski definition) is 0. The zero-order valence-corrected chi connectivity index (χ0v) is 15.1. The van der Waals surface area contributed by atoms with Crippen molar-refractivity contribution in [1.29, 1.82) is 0 Å². The average Bonchev–Trinajstić information content (AvgIpc) is 2.91. The van der Waals surface area contributed by atoms with Crippen LogP contribution in [0.15, 0.2) is 47.4 Å². The molecular weight excluding hydrogens is 322 g/mol. The van der Waals surface area contributed by atoms with Crippen LogP contribution in [-0.2, 0) is 22.9 Å². The van der Waals surface area contributed by atoms with Crippen molar-refractivity contribution in [1.82, 2.24) is 0 Å². The summed E-state index contributed by atoms with van der Waals surface area (Å²) in [5, 5.41) is 0. The fourth-order valence-electron chi connectivity index (χ4n) is 3.31. The van der Waals surface area contributed by atoms with Gasteiger partial charge in [-0.1, -0.05) is 25.1 Å². The Morgan fingerprint density at radius 2 is 1.92 bits per heavy atom. The van der Waals surface area contributed by atoms with Gasteiger partial charge in [0.05, 0.1) is 17.2 Å². The average molecular weight is 345 g/mol. The Morgan fingerprint density at radius 1 is 1.17 bits per heavy atom. The topological polar surface area (TPSA) is 46.6 Å². The molecule has 2 aromatic carbocycles. The van der Waals surface area contributed by atoms with Crippen LogP contribution >= 0.6 is 0 Å². The van der Waals surface area contributed by atoms with Crippen LogP contribution < -0.4 is 9.04 Å². The lowest BCUT2D eigenvalue weighted by Crippen LogP contribution is -2.35. The van der Waals surface area contributed by atoms with Crippen LogP contribution in [0.4, 0.5) is 5.69 Å². The summed E-state index contributed by atoms with van der Waals surface area (Å²) in [6.07, 6.45) is 1.47. The molecule has 0 aliphatic carbocycles. The van der Waals surface area contributed by atoms with Crippen molar-refractivity contribution in [3.8, 4) is 5.75 Å². The lowest BCUT2D eigenvalue weighted by Gasteiger charge is -2.25. The molecule has 128 valence electrons. The van der Waals surface area contributed by atoms with Gasteiger partial charge in [-0.25, -0.2) is 8.42 Å². The van der Waals surface area contributed by atoms with Gasteiger partial charge in [-0.05, 0) is 62.1 Å². The SMILES string of the molecule is CCOc1ccc(S(=O)(=O)N2c3ccccc3CC2C)cc1CC. The van der Waals surface area contributed by atoms with Crippen LogP contribution in [0.1, 0.15) is 31.9 Å². The smallest absolute Gasteiger partial charge is 0.264 e. The fraction of sp³-hybridized carbons (Fsp3) is 0.368. The number of ether oxygens (including phenoxy) is 1. The van der Waals surface area contributed by atoms with Crippen LogP contribution in [0.3, 0.4) is 0 Å². The van der Waals surface area contributed by atoms with Crippen LogP contribution in [0.25, 0.3) is 0 Å². The second-order valence-electron chi connectivity index (χ2n) is 6.04. The molecule has 0 bridgehead atoms. The van der Waals surface area contributed by atoms with E-state index >= 15 is 0 Å². The van der Waals surface area contributed by atoms with E-state index < -0.39 is 10.0 Å². The van der Waals surface area contributed by atoms with Crippen LogP contribution in [-0.4, -0.2) is 21.1 Å². The molecule has 1 unspecified atom stereocenters. The summed E-state index contributed by atoms with van der Waals surface area (Å²) in [7, 11) is -3.59. The molecule has 0 saturated carbocycles. The Labute approximate surface area is 144 Å². The monoisotopic (exact) mass is 345 g/mol. The van der Waals surface area contributed by atoms with Crippen molar-refractivity contribution in [2.75, 3.05) is 10.9 Å². The highest BCUT2D eigenvalue weighted by Gasteiger charge is 2.36. The molecular formula is C19H23NO3S. The number of para-hydroxylation sites is 1. The zero-order valence-electron chi connectivity index (χ0n) is 14.3.